The minimum Gasteiger partial charge on any atom is -0.497 e. The van der Waals surface area contributed by atoms with Crippen LogP contribution in [0.25, 0.3) is 27.9 Å². The van der Waals surface area contributed by atoms with E-state index in [1.807, 2.05) is 6.92 Å². The maximum Gasteiger partial charge on any atom is 0.269 e. The van der Waals surface area contributed by atoms with E-state index in [1.54, 1.807) is 60.2 Å². The Morgan fingerprint density at radius 2 is 1.76 bits per heavy atom. The number of anilines is 1. The normalized spacial score (nSPS) is 11.8. The van der Waals surface area contributed by atoms with E-state index in [0.29, 0.717) is 62.5 Å². The number of nitro groups is 1. The molecule has 13 heteroatoms. The summed E-state index contributed by atoms with van der Waals surface area (Å²) in [5.41, 5.74) is 2.22. The molecular weight excluding hydrogens is 548 g/mol. The van der Waals surface area contributed by atoms with E-state index >= 15 is 0 Å². The number of methoxy groups -OCH3 is 3. The van der Waals surface area contributed by atoms with Gasteiger partial charge in [0, 0.05) is 40.9 Å². The molecule has 5 rings (SSSR count). The van der Waals surface area contributed by atoms with Crippen molar-refractivity contribution in [1.82, 2.24) is 19.6 Å². The van der Waals surface area contributed by atoms with Crippen LogP contribution in [0.2, 0.25) is 0 Å². The van der Waals surface area contributed by atoms with Gasteiger partial charge in [-0.15, -0.1) is 5.10 Å². The number of hydrogen-bond donors (Lipinski definition) is 1. The molecule has 3 aromatic carbocycles. The lowest BCUT2D eigenvalue weighted by molar-refractivity contribution is -0.384. The summed E-state index contributed by atoms with van der Waals surface area (Å²) in [6.07, 6.45) is 0.511. The Morgan fingerprint density at radius 1 is 1.02 bits per heavy atom. The van der Waals surface area contributed by atoms with Gasteiger partial charge in [-0.3, -0.25) is 14.9 Å². The summed E-state index contributed by atoms with van der Waals surface area (Å²) in [5, 5.41) is 19.3. The summed E-state index contributed by atoms with van der Waals surface area (Å²) in [6, 6.07) is 16.6. The molecule has 12 nitrogen and oxygen atoms in total. The summed E-state index contributed by atoms with van der Waals surface area (Å²) in [4.78, 5) is 33.6. The average Bonchev–Trinajstić information content (AvgIpc) is 3.45. The highest BCUT2D eigenvalue weighted by Gasteiger charge is 2.24. The predicted octanol–water partition coefficient (Wildman–Crippen LogP) is 5.39. The summed E-state index contributed by atoms with van der Waals surface area (Å²) >= 11 is 1.25. The number of rotatable bonds is 10. The number of benzene rings is 3. The summed E-state index contributed by atoms with van der Waals surface area (Å²) in [7, 11) is 4.64. The SMILES string of the molecule is CCC(Sc1nc2cc(OC)c(OC)cc2c2nc(-c3ccc([N+](=O)[O-])cc3)nn12)C(=O)Nc1cccc(OC)c1. The highest BCUT2D eigenvalue weighted by Crippen LogP contribution is 2.36. The smallest absolute Gasteiger partial charge is 0.269 e. The Balaban J connectivity index is 1.59. The van der Waals surface area contributed by atoms with Gasteiger partial charge in [-0.25, -0.2) is 9.97 Å². The molecule has 0 aliphatic carbocycles. The van der Waals surface area contributed by atoms with Crippen LogP contribution in [-0.2, 0) is 4.79 Å². The number of fused-ring (bicyclic) bond motifs is 3. The number of amides is 1. The fourth-order valence-corrected chi connectivity index (χ4v) is 5.18. The fourth-order valence-electron chi connectivity index (χ4n) is 4.21. The van der Waals surface area contributed by atoms with Crippen LogP contribution in [0, 0.1) is 10.1 Å². The molecule has 1 N–H and O–H groups in total. The molecule has 0 bridgehead atoms. The van der Waals surface area contributed by atoms with Crippen LogP contribution in [0.3, 0.4) is 0 Å². The lowest BCUT2D eigenvalue weighted by atomic mass is 10.2. The molecule has 0 saturated heterocycles. The van der Waals surface area contributed by atoms with Gasteiger partial charge in [-0.05, 0) is 36.8 Å². The van der Waals surface area contributed by atoms with Gasteiger partial charge in [0.25, 0.3) is 5.69 Å². The number of nitro benzene ring substituents is 1. The van der Waals surface area contributed by atoms with Crippen molar-refractivity contribution in [2.24, 2.45) is 0 Å². The van der Waals surface area contributed by atoms with Crippen LogP contribution in [-0.4, -0.2) is 57.0 Å². The molecule has 1 atom stereocenters. The molecule has 0 spiro atoms. The molecule has 210 valence electrons. The monoisotopic (exact) mass is 574 g/mol. The van der Waals surface area contributed by atoms with Gasteiger partial charge in [-0.2, -0.15) is 4.52 Å². The molecule has 0 aliphatic rings. The third-order valence-electron chi connectivity index (χ3n) is 6.33. The zero-order chi connectivity index (χ0) is 29.1. The molecule has 1 unspecified atom stereocenters. The first-order valence-corrected chi connectivity index (χ1v) is 13.4. The van der Waals surface area contributed by atoms with Gasteiger partial charge in [-0.1, -0.05) is 24.8 Å². The van der Waals surface area contributed by atoms with E-state index in [9.17, 15) is 14.9 Å². The van der Waals surface area contributed by atoms with Crippen LogP contribution in [0.4, 0.5) is 11.4 Å². The van der Waals surface area contributed by atoms with Crippen LogP contribution in [0.5, 0.6) is 17.2 Å². The first-order valence-electron chi connectivity index (χ1n) is 12.5. The Morgan fingerprint density at radius 3 is 2.41 bits per heavy atom. The number of non-ortho nitro benzene ring substituents is 1. The molecule has 0 saturated carbocycles. The van der Waals surface area contributed by atoms with E-state index in [-0.39, 0.29) is 11.6 Å². The van der Waals surface area contributed by atoms with Crippen molar-refractivity contribution in [3.63, 3.8) is 0 Å². The van der Waals surface area contributed by atoms with Crippen molar-refractivity contribution in [2.75, 3.05) is 26.6 Å². The van der Waals surface area contributed by atoms with Crippen molar-refractivity contribution in [3.8, 4) is 28.6 Å². The van der Waals surface area contributed by atoms with Gasteiger partial charge >= 0.3 is 0 Å². The number of carbonyl (C=O) groups is 1. The number of ether oxygens (including phenoxy) is 3. The Bertz CT molecular complexity index is 1760. The first-order chi connectivity index (χ1) is 19.8. The number of nitrogens with zero attached hydrogens (tertiary/aromatic N) is 5. The summed E-state index contributed by atoms with van der Waals surface area (Å²) < 4.78 is 17.8. The lowest BCUT2D eigenvalue weighted by Crippen LogP contribution is -2.25. The predicted molar refractivity (Wildman–Crippen MR) is 155 cm³/mol. The number of nitrogens with one attached hydrogen (secondary N) is 1. The molecular formula is C28H26N6O6S. The van der Waals surface area contributed by atoms with E-state index in [2.05, 4.69) is 5.32 Å². The molecule has 5 aromatic rings. The minimum atomic E-state index is -0.512. The first kappa shape index (κ1) is 27.6. The van der Waals surface area contributed by atoms with Gasteiger partial charge in [0.1, 0.15) is 5.75 Å². The second-order valence-corrected chi connectivity index (χ2v) is 10.00. The van der Waals surface area contributed by atoms with E-state index in [4.69, 9.17) is 29.3 Å². The molecule has 0 radical (unpaired) electrons. The largest absolute Gasteiger partial charge is 0.497 e. The van der Waals surface area contributed by atoms with Crippen molar-refractivity contribution < 1.29 is 23.9 Å². The Kier molecular flexibility index (Phi) is 7.88. The number of aromatic nitrogens is 4. The Labute approximate surface area is 238 Å². The Hall–Kier alpha value is -4.91. The van der Waals surface area contributed by atoms with Crippen LogP contribution in [0.1, 0.15) is 13.3 Å². The summed E-state index contributed by atoms with van der Waals surface area (Å²) in [6.45, 7) is 1.92. The number of hydrogen-bond acceptors (Lipinski definition) is 10. The van der Waals surface area contributed by atoms with Crippen molar-refractivity contribution in [2.45, 2.75) is 23.8 Å². The highest BCUT2D eigenvalue weighted by atomic mass is 32.2. The molecule has 2 heterocycles. The lowest BCUT2D eigenvalue weighted by Gasteiger charge is -2.16. The van der Waals surface area contributed by atoms with Gasteiger partial charge < -0.3 is 19.5 Å². The summed E-state index contributed by atoms with van der Waals surface area (Å²) in [5.74, 6) is 1.76. The molecule has 0 aliphatic heterocycles. The van der Waals surface area contributed by atoms with Crippen molar-refractivity contribution in [3.05, 3.63) is 70.8 Å². The second kappa shape index (κ2) is 11.7. The molecule has 41 heavy (non-hydrogen) atoms. The fraction of sp³-hybridized carbons (Fsp3) is 0.214. The number of carbonyl (C=O) groups excluding carboxylic acids is 1. The molecule has 1 amide bonds. The maximum absolute atomic E-state index is 13.3. The third kappa shape index (κ3) is 5.57. The number of thioether (sulfide) groups is 1. The quantitative estimate of drug-likeness (QED) is 0.0998. The topological polar surface area (TPSA) is 143 Å². The van der Waals surface area contributed by atoms with Crippen LogP contribution in [0.15, 0.2) is 65.8 Å². The second-order valence-electron chi connectivity index (χ2n) is 8.83. The van der Waals surface area contributed by atoms with E-state index in [1.165, 1.54) is 38.1 Å². The average molecular weight is 575 g/mol. The standard InChI is InChI=1S/C28H26N6O6S/c1-5-24(27(35)29-17-7-6-8-19(13-17)38-2)41-28-30-21-15-23(40-4)22(39-3)14-20(21)26-31-25(32-33(26)28)16-9-11-18(12-10-16)34(36)37/h6-15,24H,5H2,1-4H3,(H,29,35). The van der Waals surface area contributed by atoms with Crippen molar-refractivity contribution in [1.29, 1.82) is 0 Å². The third-order valence-corrected chi connectivity index (χ3v) is 7.64. The highest BCUT2D eigenvalue weighted by molar-refractivity contribution is 8.00. The maximum atomic E-state index is 13.3. The van der Waals surface area contributed by atoms with Crippen LogP contribution >= 0.6 is 11.8 Å². The zero-order valence-electron chi connectivity index (χ0n) is 22.7. The van der Waals surface area contributed by atoms with Gasteiger partial charge in [0.05, 0.1) is 37.0 Å². The van der Waals surface area contributed by atoms with E-state index in [0.717, 1.165) is 0 Å². The van der Waals surface area contributed by atoms with Crippen LogP contribution < -0.4 is 19.5 Å². The van der Waals surface area contributed by atoms with Gasteiger partial charge in [0.2, 0.25) is 5.91 Å². The van der Waals surface area contributed by atoms with Gasteiger partial charge in [0.15, 0.2) is 28.1 Å². The van der Waals surface area contributed by atoms with E-state index < -0.39 is 10.2 Å². The minimum absolute atomic E-state index is 0.0365. The van der Waals surface area contributed by atoms with Crippen molar-refractivity contribution >= 4 is 45.6 Å². The molecule has 0 fully saturated rings. The zero-order valence-corrected chi connectivity index (χ0v) is 23.5. The molecule has 2 aromatic heterocycles.